The molecule has 0 radical (unpaired) electrons. The highest BCUT2D eigenvalue weighted by Gasteiger charge is 2.47. The number of rotatable bonds is 5. The molecule has 20 heavy (non-hydrogen) atoms. The van der Waals surface area contributed by atoms with Crippen molar-refractivity contribution in [2.45, 2.75) is 43.0 Å². The molecule has 2 rings (SSSR count). The van der Waals surface area contributed by atoms with Crippen molar-refractivity contribution in [1.82, 2.24) is 5.32 Å². The van der Waals surface area contributed by atoms with Crippen LogP contribution < -0.4 is 11.1 Å². The van der Waals surface area contributed by atoms with E-state index < -0.39 is 15.4 Å². The first-order chi connectivity index (χ1) is 9.39. The maximum atomic E-state index is 12.0. The Labute approximate surface area is 121 Å². The summed E-state index contributed by atoms with van der Waals surface area (Å²) in [5.74, 6) is 0. The summed E-state index contributed by atoms with van der Waals surface area (Å²) >= 11 is 0. The van der Waals surface area contributed by atoms with E-state index in [1.807, 2.05) is 30.3 Å². The minimum Gasteiger partial charge on any atom is -0.329 e. The molecule has 3 N–H and O–H groups in total. The second-order valence-electron chi connectivity index (χ2n) is 5.85. The zero-order valence-corrected chi connectivity index (χ0v) is 13.0. The van der Waals surface area contributed by atoms with E-state index >= 15 is 0 Å². The Hall–Kier alpha value is -0.910. The van der Waals surface area contributed by atoms with Gasteiger partial charge in [0.1, 0.15) is 0 Å². The lowest BCUT2D eigenvalue weighted by molar-refractivity contribution is 0.308. The molecular formula is C15H24N2O2S. The third kappa shape index (κ3) is 3.05. The number of nitrogens with one attached hydrogen (secondary N) is 1. The van der Waals surface area contributed by atoms with Crippen molar-refractivity contribution in [3.8, 4) is 0 Å². The van der Waals surface area contributed by atoms with E-state index in [-0.39, 0.29) is 11.3 Å². The highest BCUT2D eigenvalue weighted by molar-refractivity contribution is 7.91. The van der Waals surface area contributed by atoms with Crippen LogP contribution in [0.3, 0.4) is 0 Å². The van der Waals surface area contributed by atoms with E-state index in [4.69, 9.17) is 5.73 Å². The molecule has 0 heterocycles. The zero-order chi connectivity index (χ0) is 14.8. The Morgan fingerprint density at radius 3 is 2.60 bits per heavy atom. The topological polar surface area (TPSA) is 72.2 Å². The van der Waals surface area contributed by atoms with Gasteiger partial charge in [-0.3, -0.25) is 0 Å². The molecule has 1 aliphatic carbocycles. The molecule has 1 fully saturated rings. The van der Waals surface area contributed by atoms with Gasteiger partial charge < -0.3 is 11.1 Å². The van der Waals surface area contributed by atoms with E-state index in [1.165, 1.54) is 6.26 Å². The molecule has 3 unspecified atom stereocenters. The molecule has 5 heteroatoms. The van der Waals surface area contributed by atoms with E-state index in [2.05, 4.69) is 12.2 Å². The number of benzene rings is 1. The molecule has 1 aliphatic rings. The summed E-state index contributed by atoms with van der Waals surface area (Å²) in [4.78, 5) is 0. The molecule has 0 bridgehead atoms. The second-order valence-corrected chi connectivity index (χ2v) is 8.08. The van der Waals surface area contributed by atoms with Crippen LogP contribution in [0.1, 0.15) is 37.8 Å². The fourth-order valence-electron chi connectivity index (χ4n) is 3.38. The summed E-state index contributed by atoms with van der Waals surface area (Å²) in [6, 6.07) is 10.1. The Balaban J connectivity index is 2.24. The lowest BCUT2D eigenvalue weighted by Crippen LogP contribution is -2.59. The smallest absolute Gasteiger partial charge is 0.152 e. The maximum absolute atomic E-state index is 12.0. The molecular weight excluding hydrogens is 272 g/mol. The van der Waals surface area contributed by atoms with Crippen LogP contribution >= 0.6 is 0 Å². The van der Waals surface area contributed by atoms with Crippen molar-refractivity contribution in [2.24, 2.45) is 5.73 Å². The summed E-state index contributed by atoms with van der Waals surface area (Å²) in [6.07, 6.45) is 3.74. The summed E-state index contributed by atoms with van der Waals surface area (Å²) in [7, 11) is -3.09. The average Bonchev–Trinajstić information content (AvgIpc) is 2.84. The van der Waals surface area contributed by atoms with Crippen molar-refractivity contribution < 1.29 is 8.42 Å². The van der Waals surface area contributed by atoms with Crippen molar-refractivity contribution in [2.75, 3.05) is 12.8 Å². The van der Waals surface area contributed by atoms with Crippen LogP contribution in [0.5, 0.6) is 0 Å². The first-order valence-corrected chi connectivity index (χ1v) is 9.06. The quantitative estimate of drug-likeness (QED) is 0.866. The first kappa shape index (κ1) is 15.5. The second kappa shape index (κ2) is 5.84. The summed E-state index contributed by atoms with van der Waals surface area (Å²) in [5.41, 5.74) is 6.61. The van der Waals surface area contributed by atoms with E-state index in [1.54, 1.807) is 0 Å². The monoisotopic (exact) mass is 296 g/mol. The minimum absolute atomic E-state index is 0.0853. The number of hydrogen-bond donors (Lipinski definition) is 2. The van der Waals surface area contributed by atoms with Crippen LogP contribution in [-0.2, 0) is 9.84 Å². The van der Waals surface area contributed by atoms with Crippen molar-refractivity contribution in [3.05, 3.63) is 35.9 Å². The zero-order valence-electron chi connectivity index (χ0n) is 12.2. The standard InChI is InChI=1S/C15H24N2O2S/c1-12(13-7-4-3-5-8-13)17-15(11-16)10-6-9-14(15)20(2,18)19/h3-5,7-8,12,14,17H,6,9-11,16H2,1-2H3. The predicted octanol–water partition coefficient (Wildman–Crippen LogP) is 1.63. The lowest BCUT2D eigenvalue weighted by atomic mass is 9.94. The van der Waals surface area contributed by atoms with Gasteiger partial charge in [0, 0.05) is 24.4 Å². The number of nitrogens with two attached hydrogens (primary N) is 1. The fraction of sp³-hybridized carbons (Fsp3) is 0.600. The Morgan fingerprint density at radius 2 is 2.05 bits per heavy atom. The van der Waals surface area contributed by atoms with Gasteiger partial charge in [-0.2, -0.15) is 0 Å². The summed E-state index contributed by atoms with van der Waals surface area (Å²) in [6.45, 7) is 2.41. The van der Waals surface area contributed by atoms with Gasteiger partial charge in [-0.15, -0.1) is 0 Å². The Bertz CT molecular complexity index is 544. The van der Waals surface area contributed by atoms with Crippen LogP contribution in [0.15, 0.2) is 30.3 Å². The molecule has 0 aromatic heterocycles. The van der Waals surface area contributed by atoms with Crippen LogP contribution in [0.4, 0.5) is 0 Å². The van der Waals surface area contributed by atoms with Gasteiger partial charge in [0.25, 0.3) is 0 Å². The number of sulfone groups is 1. The van der Waals surface area contributed by atoms with Gasteiger partial charge >= 0.3 is 0 Å². The molecule has 0 spiro atoms. The van der Waals surface area contributed by atoms with Gasteiger partial charge in [-0.1, -0.05) is 36.8 Å². The van der Waals surface area contributed by atoms with Crippen LogP contribution in [0, 0.1) is 0 Å². The lowest BCUT2D eigenvalue weighted by Gasteiger charge is -2.37. The average molecular weight is 296 g/mol. The molecule has 1 saturated carbocycles. The van der Waals surface area contributed by atoms with Crippen LogP contribution in [0.25, 0.3) is 0 Å². The highest BCUT2D eigenvalue weighted by atomic mass is 32.2. The largest absolute Gasteiger partial charge is 0.329 e. The van der Waals surface area contributed by atoms with Gasteiger partial charge in [0.2, 0.25) is 0 Å². The molecule has 0 amide bonds. The summed E-state index contributed by atoms with van der Waals surface area (Å²) < 4.78 is 24.1. The summed E-state index contributed by atoms with van der Waals surface area (Å²) in [5, 5.41) is 3.13. The van der Waals surface area contributed by atoms with Crippen molar-refractivity contribution in [1.29, 1.82) is 0 Å². The third-order valence-electron chi connectivity index (χ3n) is 4.39. The maximum Gasteiger partial charge on any atom is 0.152 e. The molecule has 112 valence electrons. The van der Waals surface area contributed by atoms with Crippen LogP contribution in [-0.4, -0.2) is 32.0 Å². The normalized spacial score (nSPS) is 28.4. The van der Waals surface area contributed by atoms with E-state index in [9.17, 15) is 8.42 Å². The van der Waals surface area contributed by atoms with Gasteiger partial charge in [-0.25, -0.2) is 8.42 Å². The molecule has 1 aromatic carbocycles. The molecule has 1 aromatic rings. The minimum atomic E-state index is -3.09. The third-order valence-corrected chi connectivity index (χ3v) is 6.11. The fourth-order valence-corrected chi connectivity index (χ4v) is 5.07. The predicted molar refractivity (Wildman–Crippen MR) is 82.3 cm³/mol. The molecule has 4 nitrogen and oxygen atoms in total. The van der Waals surface area contributed by atoms with E-state index in [0.717, 1.165) is 18.4 Å². The SMILES string of the molecule is CC(NC1(CN)CCCC1S(C)(=O)=O)c1ccccc1. The Morgan fingerprint density at radius 1 is 1.40 bits per heavy atom. The van der Waals surface area contributed by atoms with Crippen molar-refractivity contribution in [3.63, 3.8) is 0 Å². The highest BCUT2D eigenvalue weighted by Crippen LogP contribution is 2.36. The van der Waals surface area contributed by atoms with Gasteiger partial charge in [-0.05, 0) is 25.3 Å². The van der Waals surface area contributed by atoms with Crippen LogP contribution in [0.2, 0.25) is 0 Å². The van der Waals surface area contributed by atoms with Crippen molar-refractivity contribution >= 4 is 9.84 Å². The first-order valence-electron chi connectivity index (χ1n) is 7.10. The van der Waals surface area contributed by atoms with Gasteiger partial charge in [0.15, 0.2) is 9.84 Å². The van der Waals surface area contributed by atoms with Gasteiger partial charge in [0.05, 0.1) is 5.25 Å². The molecule has 0 saturated heterocycles. The molecule has 0 aliphatic heterocycles. The van der Waals surface area contributed by atoms with E-state index in [0.29, 0.717) is 13.0 Å². The molecule has 3 atom stereocenters. The number of hydrogen-bond acceptors (Lipinski definition) is 4. The Kier molecular flexibility index (Phi) is 4.52.